The summed E-state index contributed by atoms with van der Waals surface area (Å²) < 4.78 is 10.6. The van der Waals surface area contributed by atoms with E-state index in [1.54, 1.807) is 19.2 Å². The van der Waals surface area contributed by atoms with Gasteiger partial charge in [0.25, 0.3) is 0 Å². The second kappa shape index (κ2) is 4.53. The summed E-state index contributed by atoms with van der Waals surface area (Å²) in [6, 6.07) is 4.92. The first-order chi connectivity index (χ1) is 8.17. The van der Waals surface area contributed by atoms with Crippen molar-refractivity contribution in [2.75, 3.05) is 13.7 Å². The summed E-state index contributed by atoms with van der Waals surface area (Å²) in [7, 11) is 7.35. The molecule has 0 amide bonds. The van der Waals surface area contributed by atoms with Crippen molar-refractivity contribution in [3.8, 4) is 17.4 Å². The van der Waals surface area contributed by atoms with Gasteiger partial charge in [-0.1, -0.05) is 0 Å². The lowest BCUT2D eigenvalue weighted by Gasteiger charge is -2.11. The van der Waals surface area contributed by atoms with E-state index < -0.39 is 0 Å². The van der Waals surface area contributed by atoms with Gasteiger partial charge >= 0.3 is 0 Å². The Hall–Kier alpha value is -1.91. The molecule has 5 heteroatoms. The molecule has 0 bridgehead atoms. The number of methoxy groups -OCH3 is 1. The fraction of sp³-hybridized carbons (Fsp3) is 0.250. The molecular weight excluding hydrogens is 217 g/mol. The van der Waals surface area contributed by atoms with Gasteiger partial charge in [-0.15, -0.1) is 0 Å². The van der Waals surface area contributed by atoms with Crippen molar-refractivity contribution in [1.29, 1.82) is 0 Å². The Kier molecular flexibility index (Phi) is 3.09. The molecule has 2 aromatic rings. The molecule has 0 aliphatic rings. The molecular formula is C12H12BNO3. The third-order valence-electron chi connectivity index (χ3n) is 2.45. The zero-order valence-corrected chi connectivity index (χ0v) is 9.73. The standard InChI is InChI=1S/C12H12BNO3/c1-3-17-10-6-9(16-2)7-4-5-8(15)11(13)12(7)14-10/h4-6,15H,3H2,1-2H3. The number of phenols is 1. The molecule has 4 nitrogen and oxygen atoms in total. The molecule has 1 aromatic heterocycles. The maximum Gasteiger partial charge on any atom is 0.217 e. The molecule has 0 saturated heterocycles. The fourth-order valence-corrected chi connectivity index (χ4v) is 1.64. The Bertz CT molecular complexity index is 557. The van der Waals surface area contributed by atoms with Gasteiger partial charge < -0.3 is 14.6 Å². The van der Waals surface area contributed by atoms with E-state index in [0.717, 1.165) is 5.39 Å². The highest BCUT2D eigenvalue weighted by molar-refractivity contribution is 6.40. The number of phenolic OH excluding ortho intramolecular Hbond substituents is 1. The number of nitrogens with zero attached hydrogens (tertiary/aromatic N) is 1. The third-order valence-corrected chi connectivity index (χ3v) is 2.45. The smallest absolute Gasteiger partial charge is 0.217 e. The Morgan fingerprint density at radius 1 is 1.41 bits per heavy atom. The maximum atomic E-state index is 9.56. The number of aromatic nitrogens is 1. The Morgan fingerprint density at radius 2 is 2.18 bits per heavy atom. The van der Waals surface area contributed by atoms with Crippen LogP contribution in [0.5, 0.6) is 17.4 Å². The van der Waals surface area contributed by atoms with Crippen LogP contribution in [0, 0.1) is 0 Å². The van der Waals surface area contributed by atoms with E-state index in [9.17, 15) is 5.11 Å². The minimum Gasteiger partial charge on any atom is -0.509 e. The van der Waals surface area contributed by atoms with Gasteiger partial charge in [0.2, 0.25) is 5.88 Å². The number of rotatable bonds is 3. The van der Waals surface area contributed by atoms with Gasteiger partial charge in [-0.25, -0.2) is 4.98 Å². The molecule has 0 fully saturated rings. The van der Waals surface area contributed by atoms with Crippen LogP contribution in [-0.2, 0) is 0 Å². The summed E-state index contributed by atoms with van der Waals surface area (Å²) in [5, 5.41) is 10.3. The lowest BCUT2D eigenvalue weighted by molar-refractivity contribution is 0.324. The molecule has 1 heterocycles. The normalized spacial score (nSPS) is 10.5. The fourth-order valence-electron chi connectivity index (χ4n) is 1.64. The first-order valence-corrected chi connectivity index (χ1v) is 5.26. The molecule has 1 N–H and O–H groups in total. The lowest BCUT2D eigenvalue weighted by Crippen LogP contribution is -2.08. The van der Waals surface area contributed by atoms with Crippen LogP contribution >= 0.6 is 0 Å². The van der Waals surface area contributed by atoms with Crippen LogP contribution in [0.4, 0.5) is 0 Å². The van der Waals surface area contributed by atoms with Crippen molar-refractivity contribution in [3.05, 3.63) is 18.2 Å². The number of pyridine rings is 1. The topological polar surface area (TPSA) is 51.6 Å². The summed E-state index contributed by atoms with van der Waals surface area (Å²) in [5.74, 6) is 1.04. The number of benzene rings is 1. The van der Waals surface area contributed by atoms with Crippen LogP contribution in [0.2, 0.25) is 0 Å². The highest BCUT2D eigenvalue weighted by atomic mass is 16.5. The molecule has 0 spiro atoms. The highest BCUT2D eigenvalue weighted by Gasteiger charge is 2.10. The van der Waals surface area contributed by atoms with Crippen molar-refractivity contribution in [2.24, 2.45) is 0 Å². The molecule has 0 atom stereocenters. The molecule has 0 unspecified atom stereocenters. The average Bonchev–Trinajstić information content (AvgIpc) is 2.34. The Morgan fingerprint density at radius 3 is 2.82 bits per heavy atom. The second-order valence-corrected chi connectivity index (χ2v) is 3.49. The van der Waals surface area contributed by atoms with Gasteiger partial charge in [-0.05, 0) is 24.5 Å². The number of aromatic hydroxyl groups is 1. The number of hydrogen-bond acceptors (Lipinski definition) is 4. The lowest BCUT2D eigenvalue weighted by atomic mass is 9.92. The summed E-state index contributed by atoms with van der Waals surface area (Å²) in [4.78, 5) is 4.25. The zero-order valence-electron chi connectivity index (χ0n) is 9.73. The van der Waals surface area contributed by atoms with Crippen molar-refractivity contribution in [2.45, 2.75) is 6.92 Å². The molecule has 0 saturated carbocycles. The minimum absolute atomic E-state index is 0.000650. The van der Waals surface area contributed by atoms with Gasteiger partial charge in [-0.2, -0.15) is 0 Å². The summed E-state index contributed by atoms with van der Waals surface area (Å²) in [6.45, 7) is 2.37. The van der Waals surface area contributed by atoms with Crippen LogP contribution in [0.15, 0.2) is 18.2 Å². The van der Waals surface area contributed by atoms with E-state index in [2.05, 4.69) is 4.98 Å². The average molecular weight is 229 g/mol. The second-order valence-electron chi connectivity index (χ2n) is 3.49. The van der Waals surface area contributed by atoms with E-state index in [1.807, 2.05) is 6.92 Å². The Balaban J connectivity index is 2.73. The molecule has 86 valence electrons. The van der Waals surface area contributed by atoms with Gasteiger partial charge in [0, 0.05) is 11.5 Å². The predicted molar refractivity (Wildman–Crippen MR) is 66.5 cm³/mol. The summed E-state index contributed by atoms with van der Waals surface area (Å²) in [6.07, 6.45) is 0. The quantitative estimate of drug-likeness (QED) is 0.802. The monoisotopic (exact) mass is 229 g/mol. The maximum absolute atomic E-state index is 9.56. The van der Waals surface area contributed by atoms with Gasteiger partial charge in [-0.3, -0.25) is 0 Å². The van der Waals surface area contributed by atoms with E-state index >= 15 is 0 Å². The van der Waals surface area contributed by atoms with Crippen LogP contribution in [0.3, 0.4) is 0 Å². The Labute approximate surface area is 101 Å². The summed E-state index contributed by atoms with van der Waals surface area (Å²) in [5.41, 5.74) is 0.704. The summed E-state index contributed by atoms with van der Waals surface area (Å²) >= 11 is 0. The van der Waals surface area contributed by atoms with Gasteiger partial charge in [0.1, 0.15) is 19.3 Å². The molecule has 17 heavy (non-hydrogen) atoms. The number of hydrogen-bond donors (Lipinski definition) is 1. The first kappa shape index (κ1) is 11.6. The van der Waals surface area contributed by atoms with Crippen molar-refractivity contribution >= 4 is 24.2 Å². The third kappa shape index (κ3) is 2.00. The molecule has 0 aliphatic carbocycles. The molecule has 0 aliphatic heterocycles. The molecule has 1 aromatic carbocycles. The number of fused-ring (bicyclic) bond motifs is 1. The van der Waals surface area contributed by atoms with Crippen LogP contribution in [0.1, 0.15) is 6.92 Å². The first-order valence-electron chi connectivity index (χ1n) is 5.26. The van der Waals surface area contributed by atoms with Gasteiger partial charge in [0.05, 0.1) is 19.2 Å². The number of ether oxygens (including phenoxy) is 2. The highest BCUT2D eigenvalue weighted by Crippen LogP contribution is 2.28. The minimum atomic E-state index is 0.000650. The van der Waals surface area contributed by atoms with Crippen molar-refractivity contribution in [1.82, 2.24) is 4.98 Å². The predicted octanol–water partition coefficient (Wildman–Crippen LogP) is 1.14. The van der Waals surface area contributed by atoms with Gasteiger partial charge in [0.15, 0.2) is 0 Å². The van der Waals surface area contributed by atoms with Crippen molar-refractivity contribution < 1.29 is 14.6 Å². The van der Waals surface area contributed by atoms with Crippen LogP contribution in [0.25, 0.3) is 10.9 Å². The van der Waals surface area contributed by atoms with Crippen LogP contribution in [-0.4, -0.2) is 31.7 Å². The van der Waals surface area contributed by atoms with E-state index in [4.69, 9.17) is 17.3 Å². The molecule has 2 radical (unpaired) electrons. The van der Waals surface area contributed by atoms with Crippen LogP contribution < -0.4 is 14.9 Å². The van der Waals surface area contributed by atoms with E-state index in [-0.39, 0.29) is 11.2 Å². The van der Waals surface area contributed by atoms with E-state index in [0.29, 0.717) is 23.8 Å². The zero-order chi connectivity index (χ0) is 12.4. The van der Waals surface area contributed by atoms with Crippen molar-refractivity contribution in [3.63, 3.8) is 0 Å². The molecule has 2 rings (SSSR count). The SMILES string of the molecule is [B]c1c(O)ccc2c(OC)cc(OCC)nc12. The van der Waals surface area contributed by atoms with E-state index in [1.165, 1.54) is 6.07 Å². The largest absolute Gasteiger partial charge is 0.509 e.